The number of ether oxygens (including phenoxy) is 1. The molecular formula is C27H28N2O4S. The first kappa shape index (κ1) is 22.5. The van der Waals surface area contributed by atoms with E-state index >= 15 is 0 Å². The van der Waals surface area contributed by atoms with E-state index in [9.17, 15) is 13.2 Å². The van der Waals surface area contributed by atoms with Gasteiger partial charge in [-0.1, -0.05) is 42.5 Å². The lowest BCUT2D eigenvalue weighted by Crippen LogP contribution is -2.51. The summed E-state index contributed by atoms with van der Waals surface area (Å²) in [6, 6.07) is 19.7. The van der Waals surface area contributed by atoms with Gasteiger partial charge in [-0.2, -0.15) is 0 Å². The number of rotatable bonds is 5. The summed E-state index contributed by atoms with van der Waals surface area (Å²) < 4.78 is 34.3. The van der Waals surface area contributed by atoms with E-state index in [0.717, 1.165) is 24.0 Å². The molecule has 34 heavy (non-hydrogen) atoms. The zero-order chi connectivity index (χ0) is 23.9. The molecule has 0 spiro atoms. The van der Waals surface area contributed by atoms with Crippen LogP contribution in [0.25, 0.3) is 0 Å². The van der Waals surface area contributed by atoms with E-state index in [4.69, 9.17) is 4.74 Å². The summed E-state index contributed by atoms with van der Waals surface area (Å²) >= 11 is 0. The average Bonchev–Trinajstić information content (AvgIpc) is 3.31. The molecular weight excluding hydrogens is 448 g/mol. The van der Waals surface area contributed by atoms with Crippen LogP contribution in [0.1, 0.15) is 41.6 Å². The number of carbonyl (C=O) groups excluding carboxylic acids is 1. The van der Waals surface area contributed by atoms with Gasteiger partial charge in [0.1, 0.15) is 5.75 Å². The standard InChI is InChI=1S/C27H28N2O4S/c1-18-11-14-24-25(15-18)33-26(17-29(24)34(31,32)23-9-4-3-5-10-23)27(30)28-19(2)21-13-12-20-7-6-8-22(20)16-21/h3-5,9-16,19,26H,6-8,17H2,1-2H3,(H,28,30)/t19-,26+/m0/s1. The van der Waals surface area contributed by atoms with Crippen molar-refractivity contribution in [1.82, 2.24) is 5.32 Å². The molecule has 176 valence electrons. The number of fused-ring (bicyclic) bond motifs is 2. The molecule has 0 saturated heterocycles. The van der Waals surface area contributed by atoms with Gasteiger partial charge in [0.25, 0.3) is 15.9 Å². The third kappa shape index (κ3) is 4.16. The largest absolute Gasteiger partial charge is 0.476 e. The number of carbonyl (C=O) groups is 1. The lowest BCUT2D eigenvalue weighted by atomic mass is 10.0. The average molecular weight is 477 g/mol. The van der Waals surface area contributed by atoms with Crippen LogP contribution in [0.15, 0.2) is 71.6 Å². The first-order chi connectivity index (χ1) is 16.3. The van der Waals surface area contributed by atoms with Crippen molar-refractivity contribution in [3.63, 3.8) is 0 Å². The molecule has 2 aliphatic rings. The molecule has 0 saturated carbocycles. The van der Waals surface area contributed by atoms with Gasteiger partial charge in [-0.05, 0) is 79.6 Å². The number of hydrogen-bond acceptors (Lipinski definition) is 4. The first-order valence-corrected chi connectivity index (χ1v) is 13.0. The quantitative estimate of drug-likeness (QED) is 0.595. The van der Waals surface area contributed by atoms with Crippen LogP contribution in [0, 0.1) is 6.92 Å². The van der Waals surface area contributed by atoms with Gasteiger partial charge in [0.2, 0.25) is 0 Å². The molecule has 5 rings (SSSR count). The van der Waals surface area contributed by atoms with Crippen LogP contribution in [-0.4, -0.2) is 27.0 Å². The Kier molecular flexibility index (Phi) is 5.81. The number of nitrogens with one attached hydrogen (secondary N) is 1. The van der Waals surface area contributed by atoms with E-state index in [0.29, 0.717) is 11.4 Å². The minimum absolute atomic E-state index is 0.101. The third-order valence-corrected chi connectivity index (χ3v) is 8.38. The van der Waals surface area contributed by atoms with Gasteiger partial charge in [0, 0.05) is 0 Å². The highest BCUT2D eigenvalue weighted by atomic mass is 32.2. The highest BCUT2D eigenvalue weighted by molar-refractivity contribution is 7.92. The summed E-state index contributed by atoms with van der Waals surface area (Å²) in [7, 11) is -3.87. The van der Waals surface area contributed by atoms with Crippen molar-refractivity contribution in [3.8, 4) is 5.75 Å². The molecule has 3 aromatic carbocycles. The minimum atomic E-state index is -3.87. The van der Waals surface area contributed by atoms with E-state index < -0.39 is 16.1 Å². The normalized spacial score (nSPS) is 17.9. The molecule has 1 aliphatic heterocycles. The summed E-state index contributed by atoms with van der Waals surface area (Å²) in [5.41, 5.74) is 5.12. The Morgan fingerprint density at radius 3 is 2.59 bits per heavy atom. The Morgan fingerprint density at radius 1 is 1.03 bits per heavy atom. The highest BCUT2D eigenvalue weighted by Crippen LogP contribution is 2.38. The molecule has 1 heterocycles. The van der Waals surface area contributed by atoms with Gasteiger partial charge in [0.05, 0.1) is 23.2 Å². The maximum absolute atomic E-state index is 13.5. The Hall–Kier alpha value is -3.32. The van der Waals surface area contributed by atoms with E-state index in [1.165, 1.54) is 21.9 Å². The van der Waals surface area contributed by atoms with Crippen LogP contribution in [0.4, 0.5) is 5.69 Å². The van der Waals surface area contributed by atoms with Crippen LogP contribution in [0.3, 0.4) is 0 Å². The van der Waals surface area contributed by atoms with Gasteiger partial charge in [0.15, 0.2) is 6.10 Å². The van der Waals surface area contributed by atoms with Crippen molar-refractivity contribution in [2.24, 2.45) is 0 Å². The number of sulfonamides is 1. The molecule has 0 fully saturated rings. The van der Waals surface area contributed by atoms with E-state index in [1.54, 1.807) is 42.5 Å². The molecule has 0 unspecified atom stereocenters. The van der Waals surface area contributed by atoms with Crippen LogP contribution in [0.2, 0.25) is 0 Å². The lowest BCUT2D eigenvalue weighted by Gasteiger charge is -2.35. The second-order valence-corrected chi connectivity index (χ2v) is 10.9. The SMILES string of the molecule is Cc1ccc2c(c1)O[C@@H](C(=O)N[C@@H](C)c1ccc3c(c1)CCC3)CN2S(=O)(=O)c1ccccc1. The van der Waals surface area contributed by atoms with Crippen LogP contribution in [0.5, 0.6) is 5.75 Å². The molecule has 3 aromatic rings. The molecule has 7 heteroatoms. The van der Waals surface area contributed by atoms with E-state index in [2.05, 4.69) is 23.5 Å². The van der Waals surface area contributed by atoms with Gasteiger partial charge >= 0.3 is 0 Å². The molecule has 2 atom stereocenters. The first-order valence-electron chi connectivity index (χ1n) is 11.6. The topological polar surface area (TPSA) is 75.7 Å². The van der Waals surface area contributed by atoms with Crippen molar-refractivity contribution in [2.75, 3.05) is 10.8 Å². The van der Waals surface area contributed by atoms with Crippen LogP contribution < -0.4 is 14.4 Å². The Morgan fingerprint density at radius 2 is 1.79 bits per heavy atom. The summed E-state index contributed by atoms with van der Waals surface area (Å²) in [6.45, 7) is 3.74. The molecule has 1 N–H and O–H groups in total. The lowest BCUT2D eigenvalue weighted by molar-refractivity contribution is -0.128. The monoisotopic (exact) mass is 476 g/mol. The van der Waals surface area contributed by atoms with Crippen molar-refractivity contribution in [2.45, 2.75) is 50.2 Å². The highest BCUT2D eigenvalue weighted by Gasteiger charge is 2.38. The van der Waals surface area contributed by atoms with E-state index in [-0.39, 0.29) is 23.4 Å². The van der Waals surface area contributed by atoms with Crippen molar-refractivity contribution < 1.29 is 17.9 Å². The fraction of sp³-hybridized carbons (Fsp3) is 0.296. The Balaban J connectivity index is 1.41. The van der Waals surface area contributed by atoms with Gasteiger partial charge in [-0.25, -0.2) is 8.42 Å². The number of aryl methyl sites for hydroxylation is 3. The Labute approximate surface area is 200 Å². The number of amides is 1. The van der Waals surface area contributed by atoms with Crippen molar-refractivity contribution in [1.29, 1.82) is 0 Å². The molecule has 1 amide bonds. The third-order valence-electron chi connectivity index (χ3n) is 6.59. The predicted molar refractivity (Wildman–Crippen MR) is 132 cm³/mol. The van der Waals surface area contributed by atoms with Crippen LogP contribution in [-0.2, 0) is 27.7 Å². The molecule has 0 bridgehead atoms. The minimum Gasteiger partial charge on any atom is -0.476 e. The maximum atomic E-state index is 13.5. The second kappa shape index (κ2) is 8.80. The number of hydrogen-bond donors (Lipinski definition) is 1. The van der Waals surface area contributed by atoms with Crippen molar-refractivity contribution in [3.05, 3.63) is 89.0 Å². The Bertz CT molecular complexity index is 1340. The number of nitrogens with zero attached hydrogens (tertiary/aromatic N) is 1. The fourth-order valence-corrected chi connectivity index (χ4v) is 6.19. The van der Waals surface area contributed by atoms with Gasteiger partial charge in [-0.3, -0.25) is 9.10 Å². The zero-order valence-electron chi connectivity index (χ0n) is 19.3. The summed E-state index contributed by atoms with van der Waals surface area (Å²) in [5.74, 6) is 0.0458. The molecule has 0 aromatic heterocycles. The van der Waals surface area contributed by atoms with Gasteiger partial charge in [-0.15, -0.1) is 0 Å². The number of benzene rings is 3. The second-order valence-electron chi connectivity index (χ2n) is 9.04. The summed E-state index contributed by atoms with van der Waals surface area (Å²) in [4.78, 5) is 13.4. The fourth-order valence-electron chi connectivity index (χ4n) is 4.70. The smallest absolute Gasteiger partial charge is 0.264 e. The van der Waals surface area contributed by atoms with Crippen molar-refractivity contribution >= 4 is 21.6 Å². The van der Waals surface area contributed by atoms with E-state index in [1.807, 2.05) is 19.9 Å². The summed E-state index contributed by atoms with van der Waals surface area (Å²) in [6.07, 6.45) is 2.37. The summed E-state index contributed by atoms with van der Waals surface area (Å²) in [5, 5.41) is 3.03. The molecule has 6 nitrogen and oxygen atoms in total. The predicted octanol–water partition coefficient (Wildman–Crippen LogP) is 4.32. The maximum Gasteiger partial charge on any atom is 0.264 e. The number of anilines is 1. The zero-order valence-corrected chi connectivity index (χ0v) is 20.1. The van der Waals surface area contributed by atoms with Crippen LogP contribution >= 0.6 is 0 Å². The molecule has 0 radical (unpaired) electrons. The molecule has 1 aliphatic carbocycles. The van der Waals surface area contributed by atoms with Gasteiger partial charge < -0.3 is 10.1 Å².